The second-order valence-electron chi connectivity index (χ2n) is 4.42. The van der Waals surface area contributed by atoms with Gasteiger partial charge in [0.05, 0.1) is 0 Å². The van der Waals surface area contributed by atoms with Crippen molar-refractivity contribution in [2.24, 2.45) is 0 Å². The Balaban J connectivity index is 2.78. The van der Waals surface area contributed by atoms with Crippen LogP contribution in [0.3, 0.4) is 0 Å². The lowest BCUT2D eigenvalue weighted by Gasteiger charge is -2.11. The molecule has 2 aromatic rings. The third-order valence-corrected chi connectivity index (χ3v) is 3.03. The van der Waals surface area contributed by atoms with Gasteiger partial charge >= 0.3 is 5.69 Å². The fourth-order valence-electron chi connectivity index (χ4n) is 2.09. The van der Waals surface area contributed by atoms with Crippen molar-refractivity contribution in [3.8, 4) is 17.0 Å². The van der Waals surface area contributed by atoms with Gasteiger partial charge in [-0.3, -0.25) is 14.3 Å². The summed E-state index contributed by atoms with van der Waals surface area (Å²) in [5.41, 5.74) is 0.494. The summed E-state index contributed by atoms with van der Waals surface area (Å²) in [4.78, 5) is 25.9. The maximum absolute atomic E-state index is 11.9. The van der Waals surface area contributed by atoms with E-state index in [2.05, 4.69) is 4.98 Å². The molecule has 0 aliphatic heterocycles. The molecule has 0 aliphatic carbocycles. The minimum atomic E-state index is -0.582. The predicted octanol–water partition coefficient (Wildman–Crippen LogP) is 1.63. The summed E-state index contributed by atoms with van der Waals surface area (Å²) >= 11 is 0. The number of hydrogen-bond acceptors (Lipinski definition) is 3. The molecule has 0 aliphatic rings. The number of nitrogens with zero attached hydrogens (tertiary/aromatic N) is 1. The number of nitrogens with one attached hydrogen (secondary N) is 1. The second kappa shape index (κ2) is 5.14. The monoisotopic (exact) mass is 260 g/mol. The number of benzene rings is 1. The van der Waals surface area contributed by atoms with E-state index in [9.17, 15) is 14.7 Å². The van der Waals surface area contributed by atoms with Crippen molar-refractivity contribution in [3.63, 3.8) is 0 Å². The van der Waals surface area contributed by atoms with Gasteiger partial charge in [0.25, 0.3) is 5.56 Å². The van der Waals surface area contributed by atoms with Crippen LogP contribution in [0.5, 0.6) is 5.88 Å². The van der Waals surface area contributed by atoms with Gasteiger partial charge in [-0.05, 0) is 24.5 Å². The summed E-state index contributed by atoms with van der Waals surface area (Å²) in [5.74, 6) is -0.273. The number of aryl methyl sites for hydroxylation is 1. The molecule has 1 heterocycles. The van der Waals surface area contributed by atoms with Gasteiger partial charge in [-0.15, -0.1) is 0 Å². The Kier molecular flexibility index (Phi) is 3.55. The van der Waals surface area contributed by atoms with Crippen molar-refractivity contribution in [1.29, 1.82) is 0 Å². The van der Waals surface area contributed by atoms with Crippen LogP contribution >= 0.6 is 0 Å². The van der Waals surface area contributed by atoms with E-state index in [0.29, 0.717) is 18.5 Å². The maximum Gasteiger partial charge on any atom is 0.331 e. The lowest BCUT2D eigenvalue weighted by Crippen LogP contribution is -2.31. The Hall–Kier alpha value is -2.30. The molecule has 0 saturated heterocycles. The number of hydrogen-bond donors (Lipinski definition) is 2. The minimum absolute atomic E-state index is 0.145. The zero-order valence-electron chi connectivity index (χ0n) is 10.9. The van der Waals surface area contributed by atoms with E-state index in [0.717, 1.165) is 5.56 Å². The molecule has 0 unspecified atom stereocenters. The Morgan fingerprint density at radius 3 is 2.58 bits per heavy atom. The molecule has 0 saturated carbocycles. The van der Waals surface area contributed by atoms with Crippen molar-refractivity contribution in [1.82, 2.24) is 9.55 Å². The van der Waals surface area contributed by atoms with E-state index in [1.54, 1.807) is 12.1 Å². The summed E-state index contributed by atoms with van der Waals surface area (Å²) in [6.07, 6.45) is 0.687. The van der Waals surface area contributed by atoms with Crippen LogP contribution in [-0.4, -0.2) is 14.7 Å². The third kappa shape index (κ3) is 2.31. The smallest absolute Gasteiger partial charge is 0.331 e. The lowest BCUT2D eigenvalue weighted by molar-refractivity contribution is 0.401. The van der Waals surface area contributed by atoms with Gasteiger partial charge < -0.3 is 5.11 Å². The molecular weight excluding hydrogens is 244 g/mol. The molecular formula is C14H16N2O3. The van der Waals surface area contributed by atoms with E-state index in [1.807, 2.05) is 26.0 Å². The largest absolute Gasteiger partial charge is 0.494 e. The molecule has 0 radical (unpaired) electrons. The Morgan fingerprint density at radius 1 is 1.26 bits per heavy atom. The van der Waals surface area contributed by atoms with Crippen LogP contribution in [-0.2, 0) is 6.54 Å². The molecule has 0 spiro atoms. The number of aromatic nitrogens is 2. The van der Waals surface area contributed by atoms with Crippen LogP contribution in [0.25, 0.3) is 11.1 Å². The molecule has 2 rings (SSSR count). The van der Waals surface area contributed by atoms with Crippen molar-refractivity contribution in [2.45, 2.75) is 26.8 Å². The third-order valence-electron chi connectivity index (χ3n) is 3.03. The van der Waals surface area contributed by atoms with Crippen LogP contribution in [0.2, 0.25) is 0 Å². The lowest BCUT2D eigenvalue weighted by atomic mass is 10.0. The van der Waals surface area contributed by atoms with Crippen molar-refractivity contribution >= 4 is 0 Å². The summed E-state index contributed by atoms with van der Waals surface area (Å²) in [7, 11) is 0. The minimum Gasteiger partial charge on any atom is -0.494 e. The highest BCUT2D eigenvalue weighted by Gasteiger charge is 2.16. The predicted molar refractivity (Wildman–Crippen MR) is 73.5 cm³/mol. The van der Waals surface area contributed by atoms with Crippen LogP contribution in [0.4, 0.5) is 0 Å². The molecule has 1 aromatic heterocycles. The first-order valence-corrected chi connectivity index (χ1v) is 6.18. The Morgan fingerprint density at radius 2 is 1.95 bits per heavy atom. The van der Waals surface area contributed by atoms with Crippen molar-refractivity contribution in [2.75, 3.05) is 0 Å². The van der Waals surface area contributed by atoms with Gasteiger partial charge in [0, 0.05) is 6.54 Å². The Labute approximate surface area is 110 Å². The fourth-order valence-corrected chi connectivity index (χ4v) is 2.09. The summed E-state index contributed by atoms with van der Waals surface area (Å²) < 4.78 is 1.18. The van der Waals surface area contributed by atoms with Gasteiger partial charge in [0.15, 0.2) is 0 Å². The zero-order valence-corrected chi connectivity index (χ0v) is 10.9. The molecule has 0 fully saturated rings. The van der Waals surface area contributed by atoms with Gasteiger partial charge in [0.2, 0.25) is 5.88 Å². The molecule has 100 valence electrons. The van der Waals surface area contributed by atoms with E-state index in [-0.39, 0.29) is 11.4 Å². The summed E-state index contributed by atoms with van der Waals surface area (Å²) in [5, 5.41) is 10.2. The topological polar surface area (TPSA) is 75.1 Å². The number of aromatic amines is 1. The second-order valence-corrected chi connectivity index (χ2v) is 4.42. The molecule has 0 amide bonds. The number of rotatable bonds is 3. The van der Waals surface area contributed by atoms with E-state index in [1.165, 1.54) is 4.57 Å². The quantitative estimate of drug-likeness (QED) is 0.880. The van der Waals surface area contributed by atoms with Crippen LogP contribution in [0.1, 0.15) is 18.9 Å². The number of H-pyrrole nitrogens is 1. The average molecular weight is 260 g/mol. The van der Waals surface area contributed by atoms with Crippen molar-refractivity contribution < 1.29 is 5.11 Å². The zero-order chi connectivity index (χ0) is 14.0. The first-order valence-electron chi connectivity index (χ1n) is 6.18. The molecule has 0 bridgehead atoms. The van der Waals surface area contributed by atoms with Gasteiger partial charge in [0.1, 0.15) is 5.56 Å². The fraction of sp³-hybridized carbons (Fsp3) is 0.286. The standard InChI is InChI=1S/C14H16N2O3/c1-3-8-16-13(18)11(12(17)15-14(16)19)10-7-5-4-6-9(10)2/h4-7,18H,3,8H2,1-2H3,(H,15,17,19). The highest BCUT2D eigenvalue weighted by Crippen LogP contribution is 2.26. The molecule has 0 atom stereocenters. The first-order chi connectivity index (χ1) is 9.06. The van der Waals surface area contributed by atoms with Crippen LogP contribution < -0.4 is 11.2 Å². The summed E-state index contributed by atoms with van der Waals surface area (Å²) in [6.45, 7) is 4.11. The molecule has 1 aromatic carbocycles. The molecule has 19 heavy (non-hydrogen) atoms. The van der Waals surface area contributed by atoms with E-state index >= 15 is 0 Å². The Bertz CT molecular complexity index is 713. The van der Waals surface area contributed by atoms with Gasteiger partial charge in [-0.1, -0.05) is 31.2 Å². The summed E-state index contributed by atoms with van der Waals surface area (Å²) in [6, 6.07) is 7.24. The first kappa shape index (κ1) is 13.1. The molecule has 5 nitrogen and oxygen atoms in total. The molecule has 2 N–H and O–H groups in total. The maximum atomic E-state index is 11.9. The molecule has 5 heteroatoms. The van der Waals surface area contributed by atoms with Gasteiger partial charge in [-0.25, -0.2) is 4.79 Å². The highest BCUT2D eigenvalue weighted by molar-refractivity contribution is 5.70. The van der Waals surface area contributed by atoms with Crippen LogP contribution in [0, 0.1) is 6.92 Å². The SMILES string of the molecule is CCCn1c(O)c(-c2ccccc2C)c(=O)[nH]c1=O. The van der Waals surface area contributed by atoms with E-state index in [4.69, 9.17) is 0 Å². The number of aromatic hydroxyl groups is 1. The van der Waals surface area contributed by atoms with Crippen LogP contribution in [0.15, 0.2) is 33.9 Å². The highest BCUT2D eigenvalue weighted by atomic mass is 16.3. The van der Waals surface area contributed by atoms with Crippen molar-refractivity contribution in [3.05, 3.63) is 50.7 Å². The van der Waals surface area contributed by atoms with Gasteiger partial charge in [-0.2, -0.15) is 0 Å². The average Bonchev–Trinajstić information content (AvgIpc) is 2.36. The normalized spacial score (nSPS) is 10.6. The van der Waals surface area contributed by atoms with E-state index < -0.39 is 11.2 Å².